The highest BCUT2D eigenvalue weighted by Crippen LogP contribution is 2.07. The number of carboxylic acids is 1. The monoisotopic (exact) mass is 297 g/mol. The van der Waals surface area contributed by atoms with Crippen LogP contribution in [0, 0.1) is 0 Å². The minimum atomic E-state index is -0.932. The first-order chi connectivity index (χ1) is 9.51. The summed E-state index contributed by atoms with van der Waals surface area (Å²) in [7, 11) is 0. The normalized spacial score (nSPS) is 11.7. The van der Waals surface area contributed by atoms with Crippen molar-refractivity contribution >= 4 is 29.4 Å². The number of carboxylic acid groups (broad SMARTS) is 1. The lowest BCUT2D eigenvalue weighted by Crippen LogP contribution is -2.37. The average molecular weight is 297 g/mol. The molecule has 1 atom stereocenters. The highest BCUT2D eigenvalue weighted by molar-refractivity contribution is 7.99. The molecule has 1 rings (SSSR count). The van der Waals surface area contributed by atoms with E-state index in [-0.39, 0.29) is 18.5 Å². The van der Waals surface area contributed by atoms with Gasteiger partial charge in [-0.15, -0.1) is 0 Å². The molecule has 0 saturated heterocycles. The first-order valence-corrected chi connectivity index (χ1v) is 7.48. The second kappa shape index (κ2) is 8.42. The molecule has 0 aliphatic carbocycles. The van der Waals surface area contributed by atoms with Crippen LogP contribution < -0.4 is 10.6 Å². The number of nitrogens with one attached hydrogen (secondary N) is 2. The smallest absolute Gasteiger partial charge is 0.319 e. The first kappa shape index (κ1) is 16.3. The molecule has 3 N–H and O–H groups in total. The first-order valence-electron chi connectivity index (χ1n) is 6.33. The fourth-order valence-electron chi connectivity index (χ4n) is 1.49. The van der Waals surface area contributed by atoms with Gasteiger partial charge in [-0.3, -0.25) is 9.78 Å². The summed E-state index contributed by atoms with van der Waals surface area (Å²) in [5, 5.41) is 14.1. The van der Waals surface area contributed by atoms with Crippen molar-refractivity contribution in [2.45, 2.75) is 26.3 Å². The van der Waals surface area contributed by atoms with E-state index in [1.807, 2.05) is 6.92 Å². The molecule has 0 fully saturated rings. The van der Waals surface area contributed by atoms with E-state index in [9.17, 15) is 9.59 Å². The van der Waals surface area contributed by atoms with Gasteiger partial charge in [0, 0.05) is 11.8 Å². The summed E-state index contributed by atoms with van der Waals surface area (Å²) in [6, 6.07) is 3.01. The number of thioether (sulfide) groups is 1. The standard InChI is InChI=1S/C13H19N3O3S/c1-3-20-8-9(2)15-13(19)16-11-5-4-10(14-7-11)6-12(17)18/h4-5,7,9H,3,6,8H2,1-2H3,(H,17,18)(H2,15,16,19). The number of carbonyl (C=O) groups is 2. The summed E-state index contributed by atoms with van der Waals surface area (Å²) < 4.78 is 0. The van der Waals surface area contributed by atoms with Crippen LogP contribution in [0.15, 0.2) is 18.3 Å². The summed E-state index contributed by atoms with van der Waals surface area (Å²) >= 11 is 1.76. The maximum atomic E-state index is 11.7. The topological polar surface area (TPSA) is 91.3 Å². The van der Waals surface area contributed by atoms with Gasteiger partial charge in [-0.25, -0.2) is 4.79 Å². The number of aliphatic carboxylic acids is 1. The van der Waals surface area contributed by atoms with Crippen LogP contribution in [0.4, 0.5) is 10.5 Å². The van der Waals surface area contributed by atoms with Gasteiger partial charge >= 0.3 is 12.0 Å². The molecular formula is C13H19N3O3S. The Balaban J connectivity index is 2.43. The van der Waals surface area contributed by atoms with E-state index in [0.717, 1.165) is 11.5 Å². The molecule has 20 heavy (non-hydrogen) atoms. The molecule has 1 unspecified atom stereocenters. The molecule has 7 heteroatoms. The summed E-state index contributed by atoms with van der Waals surface area (Å²) in [5.74, 6) is 0.945. The maximum Gasteiger partial charge on any atom is 0.319 e. The predicted octanol–water partition coefficient (Wildman–Crippen LogP) is 1.97. The largest absolute Gasteiger partial charge is 0.481 e. The Morgan fingerprint density at radius 1 is 1.45 bits per heavy atom. The molecule has 0 aliphatic rings. The molecule has 2 amide bonds. The van der Waals surface area contributed by atoms with Crippen LogP contribution in [0.1, 0.15) is 19.5 Å². The van der Waals surface area contributed by atoms with Gasteiger partial charge < -0.3 is 15.7 Å². The molecule has 110 valence electrons. The lowest BCUT2D eigenvalue weighted by atomic mass is 10.2. The van der Waals surface area contributed by atoms with Crippen LogP contribution >= 0.6 is 11.8 Å². The Bertz CT molecular complexity index is 451. The van der Waals surface area contributed by atoms with Crippen LogP contribution in [0.25, 0.3) is 0 Å². The minimum Gasteiger partial charge on any atom is -0.481 e. The van der Waals surface area contributed by atoms with E-state index in [4.69, 9.17) is 5.11 Å². The van der Waals surface area contributed by atoms with E-state index in [1.54, 1.807) is 23.9 Å². The highest BCUT2D eigenvalue weighted by Gasteiger charge is 2.08. The van der Waals surface area contributed by atoms with Crippen molar-refractivity contribution in [1.82, 2.24) is 10.3 Å². The fourth-order valence-corrected chi connectivity index (χ4v) is 2.16. The van der Waals surface area contributed by atoms with Gasteiger partial charge in [-0.05, 0) is 24.8 Å². The quantitative estimate of drug-likeness (QED) is 0.715. The predicted molar refractivity (Wildman–Crippen MR) is 80.2 cm³/mol. The third kappa shape index (κ3) is 6.42. The number of carbonyl (C=O) groups excluding carboxylic acids is 1. The lowest BCUT2D eigenvalue weighted by molar-refractivity contribution is -0.136. The van der Waals surface area contributed by atoms with E-state index < -0.39 is 5.97 Å². The Labute approximate surface area is 122 Å². The number of rotatable bonds is 7. The zero-order chi connectivity index (χ0) is 15.0. The third-order valence-corrected chi connectivity index (χ3v) is 3.51. The summed E-state index contributed by atoms with van der Waals surface area (Å²) in [6.45, 7) is 4.01. The number of pyridine rings is 1. The van der Waals surface area contributed by atoms with Crippen molar-refractivity contribution < 1.29 is 14.7 Å². The zero-order valence-corrected chi connectivity index (χ0v) is 12.4. The Morgan fingerprint density at radius 3 is 2.75 bits per heavy atom. The number of anilines is 1. The van der Waals surface area contributed by atoms with Gasteiger partial charge in [0.1, 0.15) is 0 Å². The van der Waals surface area contributed by atoms with E-state index in [2.05, 4.69) is 22.5 Å². The molecular weight excluding hydrogens is 278 g/mol. The van der Waals surface area contributed by atoms with Crippen molar-refractivity contribution in [2.75, 3.05) is 16.8 Å². The Morgan fingerprint density at radius 2 is 2.20 bits per heavy atom. The van der Waals surface area contributed by atoms with Crippen molar-refractivity contribution in [2.24, 2.45) is 0 Å². The summed E-state index contributed by atoms with van der Waals surface area (Å²) in [6.07, 6.45) is 1.32. The minimum absolute atomic E-state index is 0.0826. The van der Waals surface area contributed by atoms with Gasteiger partial charge in [0.15, 0.2) is 0 Å². The average Bonchev–Trinajstić information content (AvgIpc) is 2.38. The zero-order valence-electron chi connectivity index (χ0n) is 11.5. The molecule has 0 aromatic carbocycles. The molecule has 0 bridgehead atoms. The molecule has 1 heterocycles. The number of urea groups is 1. The van der Waals surface area contributed by atoms with Gasteiger partial charge in [-0.2, -0.15) is 11.8 Å². The molecule has 0 aliphatic heterocycles. The van der Waals surface area contributed by atoms with Crippen LogP contribution in [-0.4, -0.2) is 39.6 Å². The van der Waals surface area contributed by atoms with Crippen molar-refractivity contribution in [3.05, 3.63) is 24.0 Å². The Kier molecular flexibility index (Phi) is 6.86. The highest BCUT2D eigenvalue weighted by atomic mass is 32.2. The van der Waals surface area contributed by atoms with Gasteiger partial charge in [0.25, 0.3) is 0 Å². The number of nitrogens with zero attached hydrogens (tertiary/aromatic N) is 1. The van der Waals surface area contributed by atoms with E-state index in [0.29, 0.717) is 11.4 Å². The summed E-state index contributed by atoms with van der Waals surface area (Å²) in [5.41, 5.74) is 0.989. The molecule has 6 nitrogen and oxygen atoms in total. The van der Waals surface area contributed by atoms with E-state index in [1.165, 1.54) is 6.20 Å². The van der Waals surface area contributed by atoms with Crippen LogP contribution in [0.2, 0.25) is 0 Å². The number of amides is 2. The van der Waals surface area contributed by atoms with Crippen molar-refractivity contribution in [1.29, 1.82) is 0 Å². The van der Waals surface area contributed by atoms with Gasteiger partial charge in [0.05, 0.1) is 24.0 Å². The Hall–Kier alpha value is -1.76. The molecule has 1 aromatic heterocycles. The van der Waals surface area contributed by atoms with Crippen LogP contribution in [0.3, 0.4) is 0 Å². The number of hydrogen-bond donors (Lipinski definition) is 3. The molecule has 0 radical (unpaired) electrons. The third-order valence-electron chi connectivity index (χ3n) is 2.36. The van der Waals surface area contributed by atoms with Gasteiger partial charge in [-0.1, -0.05) is 6.92 Å². The molecule has 0 spiro atoms. The fraction of sp³-hybridized carbons (Fsp3) is 0.462. The van der Waals surface area contributed by atoms with Crippen LogP contribution in [0.5, 0.6) is 0 Å². The van der Waals surface area contributed by atoms with Gasteiger partial charge in [0.2, 0.25) is 0 Å². The lowest BCUT2D eigenvalue weighted by Gasteiger charge is -2.13. The van der Waals surface area contributed by atoms with Crippen molar-refractivity contribution in [3.63, 3.8) is 0 Å². The van der Waals surface area contributed by atoms with Crippen LogP contribution in [-0.2, 0) is 11.2 Å². The number of hydrogen-bond acceptors (Lipinski definition) is 4. The number of aromatic nitrogens is 1. The molecule has 1 aromatic rings. The maximum absolute atomic E-state index is 11.7. The second-order valence-electron chi connectivity index (χ2n) is 4.27. The second-order valence-corrected chi connectivity index (χ2v) is 5.59. The van der Waals surface area contributed by atoms with Crippen molar-refractivity contribution in [3.8, 4) is 0 Å². The summed E-state index contributed by atoms with van der Waals surface area (Å²) in [4.78, 5) is 26.2. The van der Waals surface area contributed by atoms with E-state index >= 15 is 0 Å². The molecule has 0 saturated carbocycles. The SMILES string of the molecule is CCSCC(C)NC(=O)Nc1ccc(CC(=O)O)nc1.